The average molecular weight is 285 g/mol. The third-order valence-electron chi connectivity index (χ3n) is 3.26. The summed E-state index contributed by atoms with van der Waals surface area (Å²) in [7, 11) is 0. The van der Waals surface area contributed by atoms with Gasteiger partial charge in [0.05, 0.1) is 0 Å². The van der Waals surface area contributed by atoms with Gasteiger partial charge in [-0.2, -0.15) is 0 Å². The highest BCUT2D eigenvalue weighted by Crippen LogP contribution is 2.15. The number of carbonyl (C=O) groups is 1. The van der Waals surface area contributed by atoms with Gasteiger partial charge in [-0.3, -0.25) is 4.79 Å². The summed E-state index contributed by atoms with van der Waals surface area (Å²) in [4.78, 5) is 11.7. The number of hydrogen-bond acceptors (Lipinski definition) is 3. The van der Waals surface area contributed by atoms with Crippen LogP contribution >= 0.6 is 0 Å². The van der Waals surface area contributed by atoms with Crippen LogP contribution < -0.4 is 5.32 Å². The lowest BCUT2D eigenvalue weighted by molar-refractivity contribution is -0.116. The number of carbonyl (C=O) groups excluding carboxylic acids is 1. The zero-order valence-corrected chi connectivity index (χ0v) is 11.7. The van der Waals surface area contributed by atoms with Crippen LogP contribution in [-0.2, 0) is 11.2 Å². The maximum Gasteiger partial charge on any atom is 0.243 e. The van der Waals surface area contributed by atoms with Gasteiger partial charge in [0.2, 0.25) is 5.91 Å². The predicted molar refractivity (Wildman–Crippen MR) is 81.9 cm³/mol. The second kappa shape index (κ2) is 7.33. The molecular formula is C17H19NO3. The minimum absolute atomic E-state index is 0.124. The number of aromatic hydroxyl groups is 1. The highest BCUT2D eigenvalue weighted by atomic mass is 16.3. The third kappa shape index (κ3) is 5.18. The van der Waals surface area contributed by atoms with E-state index in [-0.39, 0.29) is 23.3 Å². The molecule has 21 heavy (non-hydrogen) atoms. The Kier molecular flexibility index (Phi) is 5.21. The van der Waals surface area contributed by atoms with Crippen molar-refractivity contribution in [3.8, 4) is 5.75 Å². The minimum atomic E-state index is -0.124. The normalized spacial score (nSPS) is 17.7. The number of rotatable bonds is 5. The van der Waals surface area contributed by atoms with Crippen molar-refractivity contribution in [1.82, 2.24) is 5.32 Å². The molecule has 0 aromatic heterocycles. The molecular weight excluding hydrogens is 266 g/mol. The van der Waals surface area contributed by atoms with Crippen molar-refractivity contribution in [2.75, 3.05) is 6.54 Å². The fourth-order valence-electron chi connectivity index (χ4n) is 2.03. The number of allylic oxidation sites excluding steroid dienone is 4. The summed E-state index contributed by atoms with van der Waals surface area (Å²) in [5.74, 6) is 0.550. The molecule has 0 radical (unpaired) electrons. The van der Waals surface area contributed by atoms with Crippen molar-refractivity contribution >= 4 is 5.91 Å². The van der Waals surface area contributed by atoms with Crippen molar-refractivity contribution in [3.63, 3.8) is 0 Å². The number of benzene rings is 1. The molecule has 4 nitrogen and oxygen atoms in total. The SMILES string of the molecule is O=C(/C=C/C1C=CC(O)=CC1)NCCc1ccc(O)cc1. The molecule has 0 aliphatic heterocycles. The van der Waals surface area contributed by atoms with Gasteiger partial charge >= 0.3 is 0 Å². The highest BCUT2D eigenvalue weighted by Gasteiger charge is 2.05. The molecule has 1 unspecified atom stereocenters. The predicted octanol–water partition coefficient (Wildman–Crippen LogP) is 2.63. The van der Waals surface area contributed by atoms with E-state index in [1.165, 1.54) is 6.08 Å². The Morgan fingerprint density at radius 1 is 1.29 bits per heavy atom. The van der Waals surface area contributed by atoms with E-state index in [0.717, 1.165) is 12.0 Å². The molecule has 0 fully saturated rings. The summed E-state index contributed by atoms with van der Waals surface area (Å²) in [6, 6.07) is 6.94. The Bertz CT molecular complexity index is 570. The first-order valence-corrected chi connectivity index (χ1v) is 6.95. The summed E-state index contributed by atoms with van der Waals surface area (Å²) in [6.07, 6.45) is 10.0. The van der Waals surface area contributed by atoms with E-state index in [9.17, 15) is 15.0 Å². The van der Waals surface area contributed by atoms with Crippen molar-refractivity contribution in [2.24, 2.45) is 5.92 Å². The maximum absolute atomic E-state index is 11.7. The summed E-state index contributed by atoms with van der Waals surface area (Å²) >= 11 is 0. The molecule has 2 rings (SSSR count). The standard InChI is InChI=1S/C17H19NO3/c19-15-6-1-13(2-7-15)5-10-17(21)18-12-11-14-3-8-16(20)9-4-14/h1,3-10,13,19-20H,2,11-12H2,(H,18,21)/b10-5+. The van der Waals surface area contributed by atoms with Crippen molar-refractivity contribution in [3.05, 3.63) is 66.0 Å². The van der Waals surface area contributed by atoms with Gasteiger partial charge < -0.3 is 15.5 Å². The molecule has 1 amide bonds. The van der Waals surface area contributed by atoms with Crippen LogP contribution in [0.4, 0.5) is 0 Å². The molecule has 0 bridgehead atoms. The molecule has 1 aromatic rings. The lowest BCUT2D eigenvalue weighted by Gasteiger charge is -2.09. The maximum atomic E-state index is 11.7. The molecule has 1 aliphatic carbocycles. The Morgan fingerprint density at radius 2 is 2.05 bits per heavy atom. The molecule has 0 saturated carbocycles. The number of aliphatic hydroxyl groups excluding tert-OH is 1. The average Bonchev–Trinajstić information content (AvgIpc) is 2.49. The third-order valence-corrected chi connectivity index (χ3v) is 3.26. The Morgan fingerprint density at radius 3 is 2.71 bits per heavy atom. The zero-order chi connectivity index (χ0) is 15.1. The fourth-order valence-corrected chi connectivity index (χ4v) is 2.03. The molecule has 0 spiro atoms. The number of hydrogen-bond donors (Lipinski definition) is 3. The van der Waals surface area contributed by atoms with Gasteiger partial charge in [-0.1, -0.05) is 24.3 Å². The molecule has 1 aliphatic rings. The Labute approximate surface area is 124 Å². The van der Waals surface area contributed by atoms with E-state index in [1.54, 1.807) is 24.3 Å². The Balaban J connectivity index is 1.70. The number of aliphatic hydroxyl groups is 1. The number of phenols is 1. The van der Waals surface area contributed by atoms with Gasteiger partial charge in [-0.25, -0.2) is 0 Å². The molecule has 3 N–H and O–H groups in total. The Hall–Kier alpha value is -2.49. The van der Waals surface area contributed by atoms with E-state index in [4.69, 9.17) is 0 Å². The van der Waals surface area contributed by atoms with E-state index in [2.05, 4.69) is 5.32 Å². The van der Waals surface area contributed by atoms with Gasteiger partial charge in [0.15, 0.2) is 0 Å². The molecule has 0 saturated heterocycles. The second-order valence-electron chi connectivity index (χ2n) is 4.95. The second-order valence-corrected chi connectivity index (χ2v) is 4.95. The summed E-state index contributed by atoms with van der Waals surface area (Å²) in [5.41, 5.74) is 1.06. The van der Waals surface area contributed by atoms with Crippen LogP contribution in [0.2, 0.25) is 0 Å². The minimum Gasteiger partial charge on any atom is -0.508 e. The monoisotopic (exact) mass is 285 g/mol. The largest absolute Gasteiger partial charge is 0.508 e. The molecule has 4 heteroatoms. The van der Waals surface area contributed by atoms with E-state index >= 15 is 0 Å². The first-order valence-electron chi connectivity index (χ1n) is 6.95. The van der Waals surface area contributed by atoms with Gasteiger partial charge in [0.1, 0.15) is 11.5 Å². The van der Waals surface area contributed by atoms with Crippen LogP contribution in [-0.4, -0.2) is 22.7 Å². The van der Waals surface area contributed by atoms with Gasteiger partial charge in [-0.05, 0) is 54.7 Å². The van der Waals surface area contributed by atoms with Crippen LogP contribution in [0.15, 0.2) is 60.4 Å². The van der Waals surface area contributed by atoms with Crippen LogP contribution in [0.25, 0.3) is 0 Å². The van der Waals surface area contributed by atoms with Gasteiger partial charge in [0.25, 0.3) is 0 Å². The lowest BCUT2D eigenvalue weighted by Crippen LogP contribution is -2.23. The summed E-state index contributed by atoms with van der Waals surface area (Å²) < 4.78 is 0. The van der Waals surface area contributed by atoms with E-state index in [1.807, 2.05) is 24.3 Å². The number of phenolic OH excluding ortho intramolecular Hbond substituents is 1. The highest BCUT2D eigenvalue weighted by molar-refractivity contribution is 5.87. The molecule has 1 aromatic carbocycles. The van der Waals surface area contributed by atoms with Crippen molar-refractivity contribution in [2.45, 2.75) is 12.8 Å². The fraction of sp³-hybridized carbons (Fsp3) is 0.235. The van der Waals surface area contributed by atoms with E-state index < -0.39 is 0 Å². The number of nitrogens with one attached hydrogen (secondary N) is 1. The van der Waals surface area contributed by atoms with Crippen LogP contribution in [0, 0.1) is 5.92 Å². The van der Waals surface area contributed by atoms with Crippen LogP contribution in [0.5, 0.6) is 5.75 Å². The van der Waals surface area contributed by atoms with Gasteiger partial charge in [0, 0.05) is 6.54 Å². The first-order chi connectivity index (χ1) is 10.1. The number of amides is 1. The molecule has 0 heterocycles. The zero-order valence-electron chi connectivity index (χ0n) is 11.7. The van der Waals surface area contributed by atoms with E-state index in [0.29, 0.717) is 13.0 Å². The lowest BCUT2D eigenvalue weighted by atomic mass is 10.00. The summed E-state index contributed by atoms with van der Waals surface area (Å²) in [5, 5.41) is 21.2. The van der Waals surface area contributed by atoms with Crippen LogP contribution in [0.3, 0.4) is 0 Å². The van der Waals surface area contributed by atoms with Gasteiger partial charge in [-0.15, -0.1) is 0 Å². The molecule has 1 atom stereocenters. The van der Waals surface area contributed by atoms with Crippen LogP contribution in [0.1, 0.15) is 12.0 Å². The van der Waals surface area contributed by atoms with Crippen molar-refractivity contribution in [1.29, 1.82) is 0 Å². The quantitative estimate of drug-likeness (QED) is 0.728. The smallest absolute Gasteiger partial charge is 0.243 e. The first kappa shape index (κ1) is 14.9. The van der Waals surface area contributed by atoms with Crippen molar-refractivity contribution < 1.29 is 15.0 Å². The molecule has 110 valence electrons. The topological polar surface area (TPSA) is 69.6 Å². The summed E-state index contributed by atoms with van der Waals surface area (Å²) in [6.45, 7) is 0.551.